The summed E-state index contributed by atoms with van der Waals surface area (Å²) in [5.74, 6) is 0.839. The topological polar surface area (TPSA) is 38.3 Å². The van der Waals surface area contributed by atoms with Crippen LogP contribution < -0.4 is 10.1 Å². The van der Waals surface area contributed by atoms with E-state index in [0.717, 1.165) is 22.3 Å². The number of halogens is 1. The van der Waals surface area contributed by atoms with Crippen LogP contribution in [0.3, 0.4) is 0 Å². The minimum atomic E-state index is -0.451. The van der Waals surface area contributed by atoms with Crippen molar-refractivity contribution in [2.45, 2.75) is 19.8 Å². The van der Waals surface area contributed by atoms with Crippen LogP contribution in [0.5, 0.6) is 11.5 Å². The molecule has 0 saturated carbocycles. The molecule has 3 nitrogen and oxygen atoms in total. The Morgan fingerprint density at radius 3 is 2.12 bits per heavy atom. The van der Waals surface area contributed by atoms with Gasteiger partial charge in [0, 0.05) is 11.1 Å². The zero-order valence-corrected chi connectivity index (χ0v) is 15.3. The second-order valence-electron chi connectivity index (χ2n) is 6.54. The van der Waals surface area contributed by atoms with E-state index in [1.54, 1.807) is 0 Å². The summed E-state index contributed by atoms with van der Waals surface area (Å²) in [6, 6.07) is 19.1. The average Bonchev–Trinajstić information content (AvgIpc) is 2.62. The maximum absolute atomic E-state index is 13.3. The molecule has 0 spiro atoms. The second kappa shape index (κ2) is 6.50. The normalized spacial score (nSPS) is 12.7. The Labute approximate surface area is 157 Å². The lowest BCUT2D eigenvalue weighted by Gasteiger charge is -2.27. The van der Waals surface area contributed by atoms with E-state index in [1.807, 2.05) is 74.5 Å². The first kappa shape index (κ1) is 16.7. The molecule has 1 N–H and O–H groups in total. The van der Waals surface area contributed by atoms with Crippen LogP contribution in [0.15, 0.2) is 60.7 Å². The van der Waals surface area contributed by atoms with E-state index in [2.05, 4.69) is 5.32 Å². The van der Waals surface area contributed by atoms with Crippen molar-refractivity contribution in [3.8, 4) is 11.5 Å². The predicted octanol–water partition coefficient (Wildman–Crippen LogP) is 5.83. The number of rotatable bonds is 2. The highest BCUT2D eigenvalue weighted by Gasteiger charge is 2.32. The molecule has 1 heterocycles. The van der Waals surface area contributed by atoms with Gasteiger partial charge in [-0.05, 0) is 43.2 Å². The third-order valence-electron chi connectivity index (χ3n) is 4.62. The molecule has 0 fully saturated rings. The third-order valence-corrected chi connectivity index (χ3v) is 4.92. The van der Waals surface area contributed by atoms with E-state index in [0.29, 0.717) is 22.2 Å². The van der Waals surface area contributed by atoms with E-state index in [9.17, 15) is 4.79 Å². The molecule has 1 aliphatic heterocycles. The van der Waals surface area contributed by atoms with Crippen molar-refractivity contribution in [2.24, 2.45) is 0 Å². The van der Waals surface area contributed by atoms with Crippen LogP contribution in [0.1, 0.15) is 28.2 Å². The summed E-state index contributed by atoms with van der Waals surface area (Å²) < 4.78 is 5.97. The van der Waals surface area contributed by atoms with Crippen molar-refractivity contribution in [2.75, 3.05) is 5.32 Å². The molecule has 0 aromatic heterocycles. The maximum Gasteiger partial charge on any atom is 0.236 e. The van der Waals surface area contributed by atoms with E-state index in [4.69, 9.17) is 16.3 Å². The summed E-state index contributed by atoms with van der Waals surface area (Å²) in [5.41, 5.74) is 4.36. The lowest BCUT2D eigenvalue weighted by molar-refractivity contribution is -0.116. The van der Waals surface area contributed by atoms with Gasteiger partial charge >= 0.3 is 0 Å². The van der Waals surface area contributed by atoms with Gasteiger partial charge in [0.1, 0.15) is 11.5 Å². The number of amides is 1. The van der Waals surface area contributed by atoms with Crippen molar-refractivity contribution in [3.05, 3.63) is 87.9 Å². The smallest absolute Gasteiger partial charge is 0.236 e. The molecule has 0 unspecified atom stereocenters. The molecule has 1 amide bonds. The third kappa shape index (κ3) is 2.85. The number of nitrogens with one attached hydrogen (secondary N) is 1. The molecule has 0 aliphatic carbocycles. The number of ether oxygens (including phenoxy) is 1. The largest absolute Gasteiger partial charge is 0.457 e. The fourth-order valence-corrected chi connectivity index (χ4v) is 3.83. The van der Waals surface area contributed by atoms with Crippen LogP contribution in [0.2, 0.25) is 5.02 Å². The number of carbonyl (C=O) groups excluding carboxylic acids is 1. The Bertz CT molecular complexity index is 944. The van der Waals surface area contributed by atoms with Gasteiger partial charge in [0.15, 0.2) is 0 Å². The van der Waals surface area contributed by atoms with Crippen LogP contribution in [0.4, 0.5) is 5.69 Å². The van der Waals surface area contributed by atoms with Crippen LogP contribution in [-0.4, -0.2) is 5.91 Å². The molecule has 3 aromatic carbocycles. The molecule has 3 aromatic rings. The molecule has 1 aliphatic rings. The summed E-state index contributed by atoms with van der Waals surface area (Å²) in [5, 5.41) is 3.58. The summed E-state index contributed by atoms with van der Waals surface area (Å²) >= 11 is 6.38. The van der Waals surface area contributed by atoms with Crippen LogP contribution in [0, 0.1) is 13.8 Å². The Kier molecular flexibility index (Phi) is 4.17. The molecular formula is C22H18ClNO2. The van der Waals surface area contributed by atoms with Crippen molar-refractivity contribution >= 4 is 23.2 Å². The van der Waals surface area contributed by atoms with Crippen molar-refractivity contribution in [3.63, 3.8) is 0 Å². The zero-order chi connectivity index (χ0) is 18.3. The highest BCUT2D eigenvalue weighted by atomic mass is 35.5. The molecule has 4 rings (SSSR count). The molecular weight excluding hydrogens is 346 g/mol. The number of hydrogen-bond acceptors (Lipinski definition) is 2. The Hall–Kier alpha value is -2.78. The van der Waals surface area contributed by atoms with Gasteiger partial charge in [-0.15, -0.1) is 0 Å². The van der Waals surface area contributed by atoms with Gasteiger partial charge in [-0.25, -0.2) is 0 Å². The molecule has 0 bridgehead atoms. The van der Waals surface area contributed by atoms with E-state index < -0.39 is 5.92 Å². The van der Waals surface area contributed by atoms with Crippen LogP contribution in [-0.2, 0) is 4.79 Å². The predicted molar refractivity (Wildman–Crippen MR) is 104 cm³/mol. The number of para-hydroxylation sites is 2. The number of fused-ring (bicyclic) bond motifs is 2. The van der Waals surface area contributed by atoms with Crippen LogP contribution >= 0.6 is 11.6 Å². The number of carbonyl (C=O) groups is 1. The van der Waals surface area contributed by atoms with Gasteiger partial charge in [-0.3, -0.25) is 4.79 Å². The molecule has 0 saturated heterocycles. The highest BCUT2D eigenvalue weighted by molar-refractivity contribution is 6.34. The van der Waals surface area contributed by atoms with Gasteiger partial charge in [-0.2, -0.15) is 0 Å². The quantitative estimate of drug-likeness (QED) is 0.621. The number of aryl methyl sites for hydroxylation is 2. The monoisotopic (exact) mass is 363 g/mol. The molecule has 26 heavy (non-hydrogen) atoms. The Morgan fingerprint density at radius 1 is 0.962 bits per heavy atom. The number of anilines is 1. The van der Waals surface area contributed by atoms with E-state index in [-0.39, 0.29) is 5.91 Å². The minimum Gasteiger partial charge on any atom is -0.457 e. The van der Waals surface area contributed by atoms with E-state index >= 15 is 0 Å². The van der Waals surface area contributed by atoms with Crippen molar-refractivity contribution < 1.29 is 9.53 Å². The fraction of sp³-hybridized carbons (Fsp3) is 0.136. The van der Waals surface area contributed by atoms with Crippen LogP contribution in [0.25, 0.3) is 0 Å². The molecule has 0 atom stereocenters. The van der Waals surface area contributed by atoms with Gasteiger partial charge in [0.05, 0.1) is 16.6 Å². The van der Waals surface area contributed by atoms with Gasteiger partial charge < -0.3 is 10.1 Å². The lowest BCUT2D eigenvalue weighted by Crippen LogP contribution is -2.25. The molecule has 0 radical (unpaired) electrons. The number of hydrogen-bond donors (Lipinski definition) is 1. The standard InChI is InChI=1S/C22H18ClNO2/c1-13-11-14(2)21(17(23)12-13)24-22(25)20-15-7-3-5-9-18(15)26-19-10-6-4-8-16(19)20/h3-12,20H,1-2H3,(H,24,25). The first-order chi connectivity index (χ1) is 12.5. The number of benzene rings is 3. The average molecular weight is 364 g/mol. The maximum atomic E-state index is 13.3. The SMILES string of the molecule is Cc1cc(C)c(NC(=O)C2c3ccccc3Oc3ccccc32)c(Cl)c1. The first-order valence-corrected chi connectivity index (χ1v) is 8.85. The Morgan fingerprint density at radius 2 is 1.54 bits per heavy atom. The summed E-state index contributed by atoms with van der Waals surface area (Å²) in [6.45, 7) is 3.93. The van der Waals surface area contributed by atoms with Gasteiger partial charge in [-0.1, -0.05) is 54.1 Å². The highest BCUT2D eigenvalue weighted by Crippen LogP contribution is 2.44. The van der Waals surface area contributed by atoms with Gasteiger partial charge in [0.2, 0.25) is 5.91 Å². The summed E-state index contributed by atoms with van der Waals surface area (Å²) in [7, 11) is 0. The summed E-state index contributed by atoms with van der Waals surface area (Å²) in [6.07, 6.45) is 0. The molecule has 130 valence electrons. The minimum absolute atomic E-state index is 0.123. The lowest BCUT2D eigenvalue weighted by atomic mass is 9.87. The van der Waals surface area contributed by atoms with Crippen molar-refractivity contribution in [1.29, 1.82) is 0 Å². The second-order valence-corrected chi connectivity index (χ2v) is 6.95. The fourth-order valence-electron chi connectivity index (χ4n) is 3.46. The zero-order valence-electron chi connectivity index (χ0n) is 14.5. The summed E-state index contributed by atoms with van der Waals surface area (Å²) in [4.78, 5) is 13.3. The first-order valence-electron chi connectivity index (χ1n) is 8.48. The Balaban J connectivity index is 1.77. The van der Waals surface area contributed by atoms with E-state index in [1.165, 1.54) is 0 Å². The molecule has 4 heteroatoms. The van der Waals surface area contributed by atoms with Gasteiger partial charge in [0.25, 0.3) is 0 Å². The van der Waals surface area contributed by atoms with Crippen molar-refractivity contribution in [1.82, 2.24) is 0 Å².